The minimum atomic E-state index is -5.68. The Balaban J connectivity index is -0.000000320. The molecule has 0 bridgehead atoms. The topological polar surface area (TPSA) is 136 Å². The van der Waals surface area contributed by atoms with Gasteiger partial charge in [0.2, 0.25) is 0 Å². The molecular formula is AlLiO7P2. The van der Waals surface area contributed by atoms with Crippen molar-refractivity contribution in [1.29, 1.82) is 0 Å². The van der Waals surface area contributed by atoms with Gasteiger partial charge in [0.25, 0.3) is 0 Å². The molecule has 0 rings (SSSR count). The van der Waals surface area contributed by atoms with E-state index in [1.165, 1.54) is 0 Å². The van der Waals surface area contributed by atoms with Gasteiger partial charge in [0, 0.05) is 0 Å². The molecule has 0 unspecified atom stereocenters. The van der Waals surface area contributed by atoms with Crippen LogP contribution in [0.5, 0.6) is 0 Å². The molecule has 0 spiro atoms. The number of hydrogen-bond donors (Lipinski definition) is 0. The average molecular weight is 208 g/mol. The van der Waals surface area contributed by atoms with Crippen LogP contribution in [0.25, 0.3) is 0 Å². The van der Waals surface area contributed by atoms with Crippen molar-refractivity contribution in [1.82, 2.24) is 0 Å². The van der Waals surface area contributed by atoms with Gasteiger partial charge in [-0.25, -0.2) is 0 Å². The fourth-order valence-electron chi connectivity index (χ4n) is 0.122. The fraction of sp³-hybridized carbons (Fsp3) is 0. The van der Waals surface area contributed by atoms with Crippen LogP contribution in [0.3, 0.4) is 0 Å². The maximum absolute atomic E-state index is 9.32. The molecule has 0 aliphatic rings. The summed E-state index contributed by atoms with van der Waals surface area (Å²) in [4.78, 5) is 37.3. The third kappa shape index (κ3) is 18.4. The van der Waals surface area contributed by atoms with Crippen molar-refractivity contribution < 1.29 is 51.9 Å². The van der Waals surface area contributed by atoms with Gasteiger partial charge in [-0.3, -0.25) is 0 Å². The van der Waals surface area contributed by atoms with E-state index in [2.05, 4.69) is 4.31 Å². The van der Waals surface area contributed by atoms with Crippen LogP contribution in [-0.4, -0.2) is 17.4 Å². The number of hydrogen-bond acceptors (Lipinski definition) is 7. The molecule has 0 saturated heterocycles. The van der Waals surface area contributed by atoms with Crippen molar-refractivity contribution >= 4 is 33.0 Å². The Morgan fingerprint density at radius 1 is 0.909 bits per heavy atom. The molecule has 11 heavy (non-hydrogen) atoms. The molecule has 56 valence electrons. The second kappa shape index (κ2) is 5.94. The van der Waals surface area contributed by atoms with Gasteiger partial charge in [-0.2, -0.15) is 0 Å². The molecule has 0 aromatic heterocycles. The Morgan fingerprint density at radius 2 is 1.09 bits per heavy atom. The van der Waals surface area contributed by atoms with Crippen molar-refractivity contribution in [2.75, 3.05) is 0 Å². The van der Waals surface area contributed by atoms with Crippen molar-refractivity contribution in [3.05, 3.63) is 0 Å². The van der Waals surface area contributed by atoms with Crippen LogP contribution in [0.1, 0.15) is 0 Å². The molecule has 0 N–H and O–H groups in total. The summed E-state index contributed by atoms with van der Waals surface area (Å²) in [5.41, 5.74) is 0. The predicted molar refractivity (Wildman–Crippen MR) is 22.1 cm³/mol. The van der Waals surface area contributed by atoms with E-state index >= 15 is 0 Å². The summed E-state index contributed by atoms with van der Waals surface area (Å²) in [5.74, 6) is 0. The Labute approximate surface area is 84.9 Å². The van der Waals surface area contributed by atoms with Gasteiger partial charge < -0.3 is 33.0 Å². The summed E-state index contributed by atoms with van der Waals surface area (Å²) in [6, 6.07) is 0. The van der Waals surface area contributed by atoms with E-state index in [0.717, 1.165) is 0 Å². The first-order chi connectivity index (χ1) is 3.71. The molecule has 0 atom stereocenters. The van der Waals surface area contributed by atoms with Crippen molar-refractivity contribution in [2.24, 2.45) is 0 Å². The quantitative estimate of drug-likeness (QED) is 0.324. The van der Waals surface area contributed by atoms with E-state index in [-0.39, 0.29) is 36.2 Å². The predicted octanol–water partition coefficient (Wildman–Crippen LogP) is -6.72. The van der Waals surface area contributed by atoms with E-state index in [1.807, 2.05) is 0 Å². The molecule has 0 amide bonds. The second-order valence-electron chi connectivity index (χ2n) is 0.976. The summed E-state index contributed by atoms with van der Waals surface area (Å²) in [6.07, 6.45) is 0. The Kier molecular flexibility index (Phi) is 9.84. The Hall–Kier alpha value is 1.39. The molecule has 0 heterocycles. The minimum absolute atomic E-state index is 0. The van der Waals surface area contributed by atoms with Crippen molar-refractivity contribution in [3.63, 3.8) is 0 Å². The molecule has 0 fully saturated rings. The van der Waals surface area contributed by atoms with Crippen LogP contribution in [-0.2, 0) is 13.4 Å². The summed E-state index contributed by atoms with van der Waals surface area (Å²) >= 11 is 0. The zero-order valence-corrected chi connectivity index (χ0v) is 8.27. The van der Waals surface area contributed by atoms with Crippen LogP contribution >= 0.6 is 15.6 Å². The molecule has 11 heteroatoms. The van der Waals surface area contributed by atoms with Crippen molar-refractivity contribution in [3.8, 4) is 0 Å². The van der Waals surface area contributed by atoms with Crippen molar-refractivity contribution in [2.45, 2.75) is 0 Å². The van der Waals surface area contributed by atoms with E-state index < -0.39 is 15.6 Å². The Bertz CT molecular complexity index is 157. The van der Waals surface area contributed by atoms with Gasteiger partial charge in [-0.15, -0.1) is 0 Å². The summed E-state index contributed by atoms with van der Waals surface area (Å²) in [6.45, 7) is 0. The van der Waals surface area contributed by atoms with Gasteiger partial charge in [-0.05, 0) is 0 Å². The van der Waals surface area contributed by atoms with Gasteiger partial charge in [0.1, 0.15) is 0 Å². The molecule has 7 nitrogen and oxygen atoms in total. The molecule has 0 aromatic carbocycles. The van der Waals surface area contributed by atoms with E-state index in [1.54, 1.807) is 0 Å². The first kappa shape index (κ1) is 18.2. The van der Waals surface area contributed by atoms with E-state index in [4.69, 9.17) is 0 Å². The molecule has 0 radical (unpaired) electrons. The monoisotopic (exact) mass is 208 g/mol. The van der Waals surface area contributed by atoms with Gasteiger partial charge in [0.05, 0.1) is 15.6 Å². The molecule has 0 aliphatic carbocycles. The van der Waals surface area contributed by atoms with Crippen LogP contribution in [0.4, 0.5) is 0 Å². The smallest absolute Gasteiger partial charge is 0.790 e. The van der Waals surface area contributed by atoms with Gasteiger partial charge in [-0.1, -0.05) is 0 Å². The second-order valence-corrected chi connectivity index (χ2v) is 3.42. The zero-order valence-electron chi connectivity index (χ0n) is 5.33. The largest absolute Gasteiger partial charge is 3.00 e. The van der Waals surface area contributed by atoms with E-state index in [0.29, 0.717) is 0 Å². The zero-order chi connectivity index (χ0) is 7.71. The maximum atomic E-state index is 9.32. The Morgan fingerprint density at radius 3 is 1.09 bits per heavy atom. The molecular weight excluding hydrogens is 208 g/mol. The normalized spacial score (nSPS) is 11.3. The standard InChI is InChI=1S/Al.Li.H4O7P2/c;;1-8(2,3)7-9(4,5)6/h;;(H2,1,2,3)(H2,4,5,6)/q+3;+1;/p-4. The molecule has 0 aromatic rings. The van der Waals surface area contributed by atoms with Gasteiger partial charge >= 0.3 is 36.2 Å². The minimum Gasteiger partial charge on any atom is -0.790 e. The number of rotatable bonds is 2. The fourth-order valence-corrected chi connectivity index (χ4v) is 1.10. The first-order valence-corrected chi connectivity index (χ1v) is 4.38. The SMILES string of the molecule is O=P([O-])([O-])OP(=O)([O-])[O-].[Al+3].[Li+]. The third-order valence-corrected chi connectivity index (χ3v) is 1.80. The van der Waals surface area contributed by atoms with Crippen LogP contribution < -0.4 is 38.4 Å². The summed E-state index contributed by atoms with van der Waals surface area (Å²) in [5, 5.41) is 0. The molecule has 0 aliphatic heterocycles. The van der Waals surface area contributed by atoms with Crippen LogP contribution in [0.2, 0.25) is 0 Å². The molecule has 0 saturated carbocycles. The number of phosphoric acid groups is 2. The summed E-state index contributed by atoms with van der Waals surface area (Å²) < 4.78 is 21.2. The van der Waals surface area contributed by atoms with E-state index in [9.17, 15) is 28.7 Å². The first-order valence-electron chi connectivity index (χ1n) is 1.46. The van der Waals surface area contributed by atoms with Crippen LogP contribution in [0, 0.1) is 0 Å². The van der Waals surface area contributed by atoms with Gasteiger partial charge in [0.15, 0.2) is 0 Å². The summed E-state index contributed by atoms with van der Waals surface area (Å²) in [7, 11) is -11.4. The van der Waals surface area contributed by atoms with Crippen LogP contribution in [0.15, 0.2) is 0 Å². The average Bonchev–Trinajstić information content (AvgIpc) is 1.14. The third-order valence-electron chi connectivity index (χ3n) is 0.200. The maximum Gasteiger partial charge on any atom is 3.00 e.